The van der Waals surface area contributed by atoms with Gasteiger partial charge in [0.2, 0.25) is 0 Å². The number of hydrogen-bond acceptors (Lipinski definition) is 2. The lowest BCUT2D eigenvalue weighted by molar-refractivity contribution is 0.500. The van der Waals surface area contributed by atoms with Crippen molar-refractivity contribution in [2.75, 3.05) is 0 Å². The second-order valence-corrected chi connectivity index (χ2v) is 2.29. The Labute approximate surface area is 59.4 Å². The number of imidazole rings is 1. The molecule has 0 aliphatic carbocycles. The van der Waals surface area contributed by atoms with Gasteiger partial charge in [0.1, 0.15) is 0 Å². The molecule has 1 aromatic heterocycles. The lowest BCUT2D eigenvalue weighted by Gasteiger charge is -1.95. The van der Waals surface area contributed by atoms with Crippen LogP contribution in [0.15, 0.2) is 18.0 Å². The van der Waals surface area contributed by atoms with Crippen LogP contribution in [0.25, 0.3) is 5.76 Å². The number of nitrogens with one attached hydrogen (secondary N) is 1. The van der Waals surface area contributed by atoms with Gasteiger partial charge in [-0.1, -0.05) is 0 Å². The third-order valence-electron chi connectivity index (χ3n) is 1.20. The van der Waals surface area contributed by atoms with Crippen LogP contribution >= 0.6 is 0 Å². The molecule has 0 radical (unpaired) electrons. The number of allylic oxidation sites excluding steroid dienone is 1. The fourth-order valence-corrected chi connectivity index (χ4v) is 0.632. The van der Waals surface area contributed by atoms with Crippen LogP contribution in [-0.2, 0) is 0 Å². The quantitative estimate of drug-likeness (QED) is 0.580. The highest BCUT2D eigenvalue weighted by atomic mass is 16.3. The summed E-state index contributed by atoms with van der Waals surface area (Å²) in [6.45, 7) is 3.66. The number of hydrogen-bond donors (Lipinski definition) is 2. The van der Waals surface area contributed by atoms with E-state index in [9.17, 15) is 5.11 Å². The van der Waals surface area contributed by atoms with Crippen LogP contribution in [0.2, 0.25) is 0 Å². The normalized spacial score (nSPS) is 9.40. The van der Waals surface area contributed by atoms with Gasteiger partial charge >= 0.3 is 0 Å². The average molecular weight is 138 g/mol. The van der Waals surface area contributed by atoms with E-state index in [1.54, 1.807) is 12.4 Å². The van der Waals surface area contributed by atoms with Crippen molar-refractivity contribution in [1.29, 1.82) is 0 Å². The van der Waals surface area contributed by atoms with Gasteiger partial charge in [-0.3, -0.25) is 0 Å². The van der Waals surface area contributed by atoms with Crippen molar-refractivity contribution in [3.63, 3.8) is 0 Å². The first-order valence-corrected chi connectivity index (χ1v) is 3.08. The monoisotopic (exact) mass is 138 g/mol. The summed E-state index contributed by atoms with van der Waals surface area (Å²) in [6.07, 6.45) is 3.28. The Morgan fingerprint density at radius 2 is 2.30 bits per heavy atom. The Morgan fingerprint density at radius 1 is 1.60 bits per heavy atom. The third kappa shape index (κ3) is 1.18. The minimum absolute atomic E-state index is 0.227. The van der Waals surface area contributed by atoms with Gasteiger partial charge in [0.15, 0.2) is 11.6 Å². The van der Waals surface area contributed by atoms with Crippen molar-refractivity contribution < 1.29 is 5.11 Å². The van der Waals surface area contributed by atoms with E-state index < -0.39 is 0 Å². The summed E-state index contributed by atoms with van der Waals surface area (Å²) in [4.78, 5) is 6.67. The molecule has 1 rings (SSSR count). The van der Waals surface area contributed by atoms with E-state index in [0.29, 0.717) is 5.82 Å². The van der Waals surface area contributed by atoms with E-state index in [2.05, 4.69) is 9.97 Å². The van der Waals surface area contributed by atoms with E-state index in [1.807, 2.05) is 13.8 Å². The number of H-pyrrole nitrogens is 1. The molecule has 2 N–H and O–H groups in total. The van der Waals surface area contributed by atoms with Crippen LogP contribution in [-0.4, -0.2) is 15.1 Å². The first kappa shape index (κ1) is 6.86. The van der Waals surface area contributed by atoms with Crippen molar-refractivity contribution in [2.45, 2.75) is 13.8 Å². The summed E-state index contributed by atoms with van der Waals surface area (Å²) in [5, 5.41) is 9.27. The molecule has 0 aliphatic rings. The van der Waals surface area contributed by atoms with E-state index in [1.165, 1.54) is 0 Å². The van der Waals surface area contributed by atoms with E-state index >= 15 is 0 Å². The zero-order valence-electron chi connectivity index (χ0n) is 6.05. The van der Waals surface area contributed by atoms with Crippen LogP contribution < -0.4 is 0 Å². The third-order valence-corrected chi connectivity index (χ3v) is 1.20. The van der Waals surface area contributed by atoms with Crippen molar-refractivity contribution in [3.8, 4) is 0 Å². The van der Waals surface area contributed by atoms with Gasteiger partial charge in [-0.15, -0.1) is 0 Å². The molecular formula is C7H10N2O. The Bertz CT molecular complexity index is 232. The molecule has 0 spiro atoms. The topological polar surface area (TPSA) is 48.9 Å². The molecule has 0 saturated carbocycles. The molecule has 3 nitrogen and oxygen atoms in total. The van der Waals surface area contributed by atoms with Crippen molar-refractivity contribution in [1.82, 2.24) is 9.97 Å². The molecule has 0 fully saturated rings. The van der Waals surface area contributed by atoms with Gasteiger partial charge in [0, 0.05) is 12.4 Å². The number of aliphatic hydroxyl groups is 1. The van der Waals surface area contributed by atoms with Gasteiger partial charge in [-0.05, 0) is 19.4 Å². The van der Waals surface area contributed by atoms with Gasteiger partial charge in [-0.25, -0.2) is 4.98 Å². The second-order valence-electron chi connectivity index (χ2n) is 2.29. The predicted octanol–water partition coefficient (Wildman–Crippen LogP) is 1.72. The summed E-state index contributed by atoms with van der Waals surface area (Å²) in [5.41, 5.74) is 0.856. The average Bonchev–Trinajstić information content (AvgIpc) is 2.36. The van der Waals surface area contributed by atoms with Crippen molar-refractivity contribution in [3.05, 3.63) is 23.8 Å². The predicted molar refractivity (Wildman–Crippen MR) is 39.5 cm³/mol. The SMILES string of the molecule is CC(C)=C(O)c1ncc[nH]1. The maximum atomic E-state index is 9.27. The standard InChI is InChI=1S/C7H10N2O/c1-5(2)6(10)7-8-3-4-9-7/h3-4,10H,1-2H3,(H,8,9). The molecule has 1 heterocycles. The largest absolute Gasteiger partial charge is 0.504 e. The minimum atomic E-state index is 0.227. The molecule has 0 amide bonds. The zero-order valence-corrected chi connectivity index (χ0v) is 6.05. The highest BCUT2D eigenvalue weighted by molar-refractivity contribution is 5.53. The van der Waals surface area contributed by atoms with Crippen molar-refractivity contribution >= 4 is 5.76 Å². The molecule has 54 valence electrons. The second kappa shape index (κ2) is 2.56. The van der Waals surface area contributed by atoms with Gasteiger partial charge in [-0.2, -0.15) is 0 Å². The lowest BCUT2D eigenvalue weighted by atomic mass is 10.3. The lowest BCUT2D eigenvalue weighted by Crippen LogP contribution is -1.87. The Morgan fingerprint density at radius 3 is 2.70 bits per heavy atom. The Balaban J connectivity index is 2.99. The summed E-state index contributed by atoms with van der Waals surface area (Å²) >= 11 is 0. The minimum Gasteiger partial charge on any atom is -0.504 e. The van der Waals surface area contributed by atoms with Crippen LogP contribution in [0.5, 0.6) is 0 Å². The highest BCUT2D eigenvalue weighted by Gasteiger charge is 2.00. The number of rotatable bonds is 1. The number of aromatic amines is 1. The summed E-state index contributed by atoms with van der Waals surface area (Å²) < 4.78 is 0. The van der Waals surface area contributed by atoms with Crippen molar-refractivity contribution in [2.24, 2.45) is 0 Å². The maximum Gasteiger partial charge on any atom is 0.172 e. The molecule has 0 atom stereocenters. The van der Waals surface area contributed by atoms with E-state index in [-0.39, 0.29) is 5.76 Å². The molecular weight excluding hydrogens is 128 g/mol. The number of aliphatic hydroxyl groups excluding tert-OH is 1. The molecule has 0 aliphatic heterocycles. The van der Waals surface area contributed by atoms with Gasteiger partial charge in [0.05, 0.1) is 0 Å². The van der Waals surface area contributed by atoms with Gasteiger partial charge in [0.25, 0.3) is 0 Å². The van der Waals surface area contributed by atoms with Gasteiger partial charge < -0.3 is 10.1 Å². The molecule has 3 heteroatoms. The molecule has 0 unspecified atom stereocenters. The highest BCUT2D eigenvalue weighted by Crippen LogP contribution is 2.08. The maximum absolute atomic E-state index is 9.27. The van der Waals surface area contributed by atoms with E-state index in [4.69, 9.17) is 0 Å². The Kier molecular flexibility index (Phi) is 1.76. The number of aromatic nitrogens is 2. The van der Waals surface area contributed by atoms with E-state index in [0.717, 1.165) is 5.57 Å². The van der Waals surface area contributed by atoms with Crippen LogP contribution in [0, 0.1) is 0 Å². The molecule has 0 aromatic carbocycles. The summed E-state index contributed by atoms with van der Waals surface area (Å²) in [6, 6.07) is 0. The zero-order chi connectivity index (χ0) is 7.56. The van der Waals surface area contributed by atoms with Crippen LogP contribution in [0.3, 0.4) is 0 Å². The molecule has 0 bridgehead atoms. The first-order chi connectivity index (χ1) is 4.72. The number of nitrogens with zero attached hydrogens (tertiary/aromatic N) is 1. The molecule has 0 saturated heterocycles. The fraction of sp³-hybridized carbons (Fsp3) is 0.286. The smallest absolute Gasteiger partial charge is 0.172 e. The van der Waals surface area contributed by atoms with Crippen LogP contribution in [0.4, 0.5) is 0 Å². The summed E-state index contributed by atoms with van der Waals surface area (Å²) in [7, 11) is 0. The Hall–Kier alpha value is -1.25. The fourth-order valence-electron chi connectivity index (χ4n) is 0.632. The molecule has 1 aromatic rings. The molecule has 10 heavy (non-hydrogen) atoms. The summed E-state index contributed by atoms with van der Waals surface area (Å²) in [5.74, 6) is 0.755. The first-order valence-electron chi connectivity index (χ1n) is 3.08. The van der Waals surface area contributed by atoms with Crippen LogP contribution in [0.1, 0.15) is 19.7 Å².